The molecule has 2 aromatic rings. The quantitative estimate of drug-likeness (QED) is 0.649. The molecule has 0 bridgehead atoms. The van der Waals surface area contributed by atoms with Crippen molar-refractivity contribution >= 4 is 23.6 Å². The SMILES string of the molecule is CCc1ccc(NC(=O)[C@@H](C)OC(=O)/C=C/c2ccccc2)cc1. The first-order valence-electron chi connectivity index (χ1n) is 7.92. The summed E-state index contributed by atoms with van der Waals surface area (Å²) in [6.45, 7) is 3.61. The highest BCUT2D eigenvalue weighted by Crippen LogP contribution is 2.11. The predicted octanol–water partition coefficient (Wildman–Crippen LogP) is 3.83. The van der Waals surface area contributed by atoms with Gasteiger partial charge in [0.1, 0.15) is 0 Å². The fraction of sp³-hybridized carbons (Fsp3) is 0.200. The molecule has 1 N–H and O–H groups in total. The first kappa shape index (κ1) is 17.5. The molecule has 4 heteroatoms. The number of aryl methyl sites for hydroxylation is 1. The molecule has 0 aromatic heterocycles. The van der Waals surface area contributed by atoms with Crippen LogP contribution in [0, 0.1) is 0 Å². The molecule has 0 aliphatic carbocycles. The molecule has 4 nitrogen and oxygen atoms in total. The van der Waals surface area contributed by atoms with E-state index in [9.17, 15) is 9.59 Å². The molecule has 2 aromatic carbocycles. The van der Waals surface area contributed by atoms with Crippen LogP contribution in [0.2, 0.25) is 0 Å². The molecule has 0 radical (unpaired) electrons. The molecular weight excluding hydrogens is 302 g/mol. The molecule has 0 saturated carbocycles. The van der Waals surface area contributed by atoms with Crippen molar-refractivity contribution in [2.45, 2.75) is 26.4 Å². The standard InChI is InChI=1S/C20H21NO3/c1-3-16-9-12-18(13-10-16)21-20(23)15(2)24-19(22)14-11-17-7-5-4-6-8-17/h4-15H,3H2,1-2H3,(H,21,23)/b14-11+/t15-/m1/s1. The number of hydrogen-bond acceptors (Lipinski definition) is 3. The molecule has 0 saturated heterocycles. The van der Waals surface area contributed by atoms with Gasteiger partial charge in [-0.2, -0.15) is 0 Å². The second-order valence-corrected chi connectivity index (χ2v) is 5.36. The molecule has 0 heterocycles. The Labute approximate surface area is 142 Å². The van der Waals surface area contributed by atoms with E-state index in [4.69, 9.17) is 4.74 Å². The summed E-state index contributed by atoms with van der Waals surface area (Å²) in [5.74, 6) is -0.913. The van der Waals surface area contributed by atoms with Crippen LogP contribution < -0.4 is 5.32 Å². The number of carbonyl (C=O) groups excluding carboxylic acids is 2. The van der Waals surface area contributed by atoms with E-state index in [2.05, 4.69) is 12.2 Å². The third kappa shape index (κ3) is 5.39. The van der Waals surface area contributed by atoms with Crippen molar-refractivity contribution in [3.8, 4) is 0 Å². The van der Waals surface area contributed by atoms with Crippen LogP contribution in [0.1, 0.15) is 25.0 Å². The van der Waals surface area contributed by atoms with E-state index in [0.29, 0.717) is 5.69 Å². The second-order valence-electron chi connectivity index (χ2n) is 5.36. The monoisotopic (exact) mass is 323 g/mol. The van der Waals surface area contributed by atoms with Gasteiger partial charge in [-0.1, -0.05) is 49.4 Å². The van der Waals surface area contributed by atoms with Crippen molar-refractivity contribution < 1.29 is 14.3 Å². The number of hydrogen-bond donors (Lipinski definition) is 1. The van der Waals surface area contributed by atoms with E-state index in [-0.39, 0.29) is 5.91 Å². The van der Waals surface area contributed by atoms with Gasteiger partial charge in [-0.05, 0) is 42.7 Å². The Kier molecular flexibility index (Phi) is 6.32. The summed E-state index contributed by atoms with van der Waals surface area (Å²) in [5.41, 5.74) is 2.76. The lowest BCUT2D eigenvalue weighted by atomic mass is 10.1. The van der Waals surface area contributed by atoms with E-state index < -0.39 is 12.1 Å². The van der Waals surface area contributed by atoms with Crippen LogP contribution in [0.25, 0.3) is 6.08 Å². The summed E-state index contributed by atoms with van der Waals surface area (Å²) in [4.78, 5) is 23.8. The molecule has 1 atom stereocenters. The van der Waals surface area contributed by atoms with Gasteiger partial charge >= 0.3 is 5.97 Å². The molecule has 1 amide bonds. The number of benzene rings is 2. The van der Waals surface area contributed by atoms with Gasteiger partial charge in [0.15, 0.2) is 6.10 Å². The Hall–Kier alpha value is -2.88. The van der Waals surface area contributed by atoms with Gasteiger partial charge in [0.2, 0.25) is 0 Å². The highest BCUT2D eigenvalue weighted by Gasteiger charge is 2.16. The minimum absolute atomic E-state index is 0.360. The van der Waals surface area contributed by atoms with Crippen LogP contribution in [-0.2, 0) is 20.7 Å². The van der Waals surface area contributed by atoms with Gasteiger partial charge in [-0.25, -0.2) is 4.79 Å². The number of ether oxygens (including phenoxy) is 1. The number of nitrogens with one attached hydrogen (secondary N) is 1. The molecule has 2 rings (SSSR count). The van der Waals surface area contributed by atoms with Crippen LogP contribution in [0.4, 0.5) is 5.69 Å². The number of esters is 1. The molecule has 24 heavy (non-hydrogen) atoms. The lowest BCUT2D eigenvalue weighted by Crippen LogP contribution is -2.29. The molecule has 124 valence electrons. The lowest BCUT2D eigenvalue weighted by molar-refractivity contribution is -0.148. The van der Waals surface area contributed by atoms with Crippen LogP contribution in [-0.4, -0.2) is 18.0 Å². The largest absolute Gasteiger partial charge is 0.449 e. The van der Waals surface area contributed by atoms with Crippen molar-refractivity contribution in [3.05, 3.63) is 71.8 Å². The highest BCUT2D eigenvalue weighted by atomic mass is 16.5. The Morgan fingerprint density at radius 2 is 1.75 bits per heavy atom. The average molecular weight is 323 g/mol. The van der Waals surface area contributed by atoms with Gasteiger partial charge in [0.05, 0.1) is 0 Å². The van der Waals surface area contributed by atoms with E-state index in [1.165, 1.54) is 11.6 Å². The molecule has 0 aliphatic heterocycles. The van der Waals surface area contributed by atoms with Crippen LogP contribution in [0.5, 0.6) is 0 Å². The maximum absolute atomic E-state index is 12.1. The zero-order chi connectivity index (χ0) is 17.4. The summed E-state index contributed by atoms with van der Waals surface area (Å²) < 4.78 is 5.11. The number of rotatable bonds is 6. The van der Waals surface area contributed by atoms with Gasteiger partial charge < -0.3 is 10.1 Å². The normalized spacial score (nSPS) is 11.9. The van der Waals surface area contributed by atoms with Crippen molar-refractivity contribution in [1.29, 1.82) is 0 Å². The minimum Gasteiger partial charge on any atom is -0.449 e. The van der Waals surface area contributed by atoms with Crippen LogP contribution in [0.3, 0.4) is 0 Å². The lowest BCUT2D eigenvalue weighted by Gasteiger charge is -2.12. The van der Waals surface area contributed by atoms with Gasteiger partial charge in [0.25, 0.3) is 5.91 Å². The van der Waals surface area contributed by atoms with Crippen molar-refractivity contribution in [3.63, 3.8) is 0 Å². The van der Waals surface area contributed by atoms with E-state index in [1.54, 1.807) is 13.0 Å². The molecule has 0 unspecified atom stereocenters. The molecule has 0 spiro atoms. The maximum Gasteiger partial charge on any atom is 0.331 e. The van der Waals surface area contributed by atoms with E-state index >= 15 is 0 Å². The number of amides is 1. The average Bonchev–Trinajstić information content (AvgIpc) is 2.61. The number of carbonyl (C=O) groups is 2. The zero-order valence-electron chi connectivity index (χ0n) is 13.9. The van der Waals surface area contributed by atoms with Crippen LogP contribution >= 0.6 is 0 Å². The summed E-state index contributed by atoms with van der Waals surface area (Å²) >= 11 is 0. The second kappa shape index (κ2) is 8.67. The van der Waals surface area contributed by atoms with Crippen LogP contribution in [0.15, 0.2) is 60.7 Å². The fourth-order valence-electron chi connectivity index (χ4n) is 2.06. The van der Waals surface area contributed by atoms with E-state index in [1.807, 2.05) is 54.6 Å². The van der Waals surface area contributed by atoms with E-state index in [0.717, 1.165) is 12.0 Å². The Morgan fingerprint density at radius 1 is 1.08 bits per heavy atom. The Balaban J connectivity index is 1.86. The Morgan fingerprint density at radius 3 is 2.38 bits per heavy atom. The van der Waals surface area contributed by atoms with Gasteiger partial charge in [-0.15, -0.1) is 0 Å². The summed E-state index contributed by atoms with van der Waals surface area (Å²) in [6.07, 6.45) is 3.03. The number of anilines is 1. The topological polar surface area (TPSA) is 55.4 Å². The molecule has 0 fully saturated rings. The van der Waals surface area contributed by atoms with Gasteiger partial charge in [-0.3, -0.25) is 4.79 Å². The Bertz CT molecular complexity index is 705. The predicted molar refractivity (Wildman–Crippen MR) is 95.5 cm³/mol. The molecular formula is C20H21NO3. The molecule has 0 aliphatic rings. The maximum atomic E-state index is 12.1. The smallest absolute Gasteiger partial charge is 0.331 e. The van der Waals surface area contributed by atoms with Crippen molar-refractivity contribution in [2.75, 3.05) is 5.32 Å². The first-order valence-corrected chi connectivity index (χ1v) is 7.92. The third-order valence-electron chi connectivity index (χ3n) is 3.50. The summed E-state index contributed by atoms with van der Waals surface area (Å²) in [5, 5.41) is 2.73. The van der Waals surface area contributed by atoms with Crippen molar-refractivity contribution in [2.24, 2.45) is 0 Å². The highest BCUT2D eigenvalue weighted by molar-refractivity contribution is 5.96. The van der Waals surface area contributed by atoms with Crippen molar-refractivity contribution in [1.82, 2.24) is 0 Å². The fourth-order valence-corrected chi connectivity index (χ4v) is 2.06. The summed E-state index contributed by atoms with van der Waals surface area (Å²) in [7, 11) is 0. The zero-order valence-corrected chi connectivity index (χ0v) is 13.9. The first-order chi connectivity index (χ1) is 11.6. The third-order valence-corrected chi connectivity index (χ3v) is 3.50. The minimum atomic E-state index is -0.872. The van der Waals surface area contributed by atoms with Gasteiger partial charge in [0, 0.05) is 11.8 Å². The summed E-state index contributed by atoms with van der Waals surface area (Å²) in [6, 6.07) is 17.0.